The molecule has 1 aromatic heterocycles. The van der Waals surface area contributed by atoms with E-state index in [9.17, 15) is 15.3 Å². The first-order valence-corrected chi connectivity index (χ1v) is 6.30. The van der Waals surface area contributed by atoms with Gasteiger partial charge < -0.3 is 20.1 Å². The normalized spacial score (nSPS) is 29.8. The van der Waals surface area contributed by atoms with Gasteiger partial charge in [-0.3, -0.25) is 0 Å². The molecule has 0 spiro atoms. The van der Waals surface area contributed by atoms with Crippen molar-refractivity contribution in [2.45, 2.75) is 31.1 Å². The first-order chi connectivity index (χ1) is 9.65. The number of hydrogen-bond acceptors (Lipinski definition) is 6. The molecule has 106 valence electrons. The summed E-state index contributed by atoms with van der Waals surface area (Å²) in [6, 6.07) is 9.57. The van der Waals surface area contributed by atoms with Crippen molar-refractivity contribution in [2.24, 2.45) is 0 Å². The molecule has 0 radical (unpaired) electrons. The Hall–Kier alpha value is -1.80. The molecule has 1 aromatic carbocycles. The quantitative estimate of drug-likeness (QED) is 0.691. The van der Waals surface area contributed by atoms with Gasteiger partial charge in [0, 0.05) is 5.56 Å². The number of aliphatic hydroxyl groups is 3. The maximum absolute atomic E-state index is 9.72. The standard InChI is InChI=1S/C13H15N3O4/c17-11-10(20-13(19)12(11)18)7-16-6-9(14-15-16)8-4-2-1-3-5-8/h1-6,10-13,17-19H,7H2/t10-,11-,12-,13-/m1/s1. The zero-order valence-corrected chi connectivity index (χ0v) is 10.6. The van der Waals surface area contributed by atoms with Crippen LogP contribution in [0.2, 0.25) is 0 Å². The van der Waals surface area contributed by atoms with E-state index < -0.39 is 24.6 Å². The first kappa shape index (κ1) is 13.2. The highest BCUT2D eigenvalue weighted by Gasteiger charge is 2.41. The molecule has 1 aliphatic heterocycles. The third-order valence-electron chi connectivity index (χ3n) is 3.31. The van der Waals surface area contributed by atoms with Crippen molar-refractivity contribution in [2.75, 3.05) is 0 Å². The Kier molecular flexibility index (Phi) is 3.49. The summed E-state index contributed by atoms with van der Waals surface area (Å²) in [6.07, 6.45) is -2.80. The second kappa shape index (κ2) is 5.29. The predicted molar refractivity (Wildman–Crippen MR) is 68.4 cm³/mol. The molecule has 0 amide bonds. The van der Waals surface area contributed by atoms with Crippen LogP contribution in [0.25, 0.3) is 11.3 Å². The maximum Gasteiger partial charge on any atom is 0.184 e. The molecule has 1 saturated heterocycles. The average Bonchev–Trinajstić information content (AvgIpc) is 3.02. The molecule has 0 saturated carbocycles. The second-order valence-electron chi connectivity index (χ2n) is 4.74. The van der Waals surface area contributed by atoms with E-state index in [1.807, 2.05) is 30.3 Å². The molecule has 0 unspecified atom stereocenters. The molecular weight excluding hydrogens is 262 g/mol. The Morgan fingerprint density at radius 2 is 1.85 bits per heavy atom. The molecule has 0 bridgehead atoms. The van der Waals surface area contributed by atoms with E-state index in [0.29, 0.717) is 5.69 Å². The Morgan fingerprint density at radius 1 is 1.10 bits per heavy atom. The lowest BCUT2D eigenvalue weighted by atomic mass is 10.1. The van der Waals surface area contributed by atoms with Gasteiger partial charge in [0.05, 0.1) is 12.7 Å². The van der Waals surface area contributed by atoms with Gasteiger partial charge >= 0.3 is 0 Å². The van der Waals surface area contributed by atoms with Gasteiger partial charge in [-0.25, -0.2) is 4.68 Å². The fourth-order valence-electron chi connectivity index (χ4n) is 2.19. The molecule has 3 rings (SSSR count). The van der Waals surface area contributed by atoms with Crippen LogP contribution in [0.1, 0.15) is 0 Å². The maximum atomic E-state index is 9.72. The zero-order chi connectivity index (χ0) is 14.1. The molecule has 0 aliphatic carbocycles. The van der Waals surface area contributed by atoms with Crippen LogP contribution in [0, 0.1) is 0 Å². The highest BCUT2D eigenvalue weighted by molar-refractivity contribution is 5.57. The summed E-state index contributed by atoms with van der Waals surface area (Å²) in [6.45, 7) is 0.203. The number of aliphatic hydroxyl groups excluding tert-OH is 3. The van der Waals surface area contributed by atoms with Gasteiger partial charge in [-0.05, 0) is 0 Å². The van der Waals surface area contributed by atoms with E-state index in [4.69, 9.17) is 4.74 Å². The van der Waals surface area contributed by atoms with Crippen LogP contribution in [0.4, 0.5) is 0 Å². The molecule has 3 N–H and O–H groups in total. The van der Waals surface area contributed by atoms with Gasteiger partial charge in [-0.1, -0.05) is 35.5 Å². The first-order valence-electron chi connectivity index (χ1n) is 6.30. The van der Waals surface area contributed by atoms with E-state index in [1.54, 1.807) is 6.20 Å². The van der Waals surface area contributed by atoms with Gasteiger partial charge in [0.15, 0.2) is 6.29 Å². The Bertz CT molecular complexity index is 574. The zero-order valence-electron chi connectivity index (χ0n) is 10.6. The average molecular weight is 277 g/mol. The molecular formula is C13H15N3O4. The monoisotopic (exact) mass is 277 g/mol. The van der Waals surface area contributed by atoms with Crippen molar-refractivity contribution in [1.29, 1.82) is 0 Å². The van der Waals surface area contributed by atoms with Crippen molar-refractivity contribution in [1.82, 2.24) is 15.0 Å². The lowest BCUT2D eigenvalue weighted by molar-refractivity contribution is -0.129. The molecule has 2 heterocycles. The van der Waals surface area contributed by atoms with E-state index in [2.05, 4.69) is 10.3 Å². The number of hydrogen-bond donors (Lipinski definition) is 3. The van der Waals surface area contributed by atoms with Crippen LogP contribution in [0.15, 0.2) is 36.5 Å². The SMILES string of the molecule is O[C@@H]1[C@H](O)[C@@H](Cn2cc(-c3ccccc3)nn2)O[C@H]1O. The van der Waals surface area contributed by atoms with Gasteiger partial charge in [0.2, 0.25) is 0 Å². The molecule has 20 heavy (non-hydrogen) atoms. The molecule has 2 aromatic rings. The lowest BCUT2D eigenvalue weighted by Gasteiger charge is -2.13. The largest absolute Gasteiger partial charge is 0.387 e. The van der Waals surface area contributed by atoms with Crippen LogP contribution >= 0.6 is 0 Å². The summed E-state index contributed by atoms with van der Waals surface area (Å²) in [4.78, 5) is 0. The van der Waals surface area contributed by atoms with Gasteiger partial charge in [-0.15, -0.1) is 5.10 Å². The summed E-state index contributed by atoms with van der Waals surface area (Å²) < 4.78 is 6.59. The van der Waals surface area contributed by atoms with Crippen molar-refractivity contribution >= 4 is 0 Å². The highest BCUT2D eigenvalue weighted by atomic mass is 16.6. The minimum absolute atomic E-state index is 0.203. The van der Waals surface area contributed by atoms with Crippen molar-refractivity contribution < 1.29 is 20.1 Å². The summed E-state index contributed by atoms with van der Waals surface area (Å²) >= 11 is 0. The van der Waals surface area contributed by atoms with E-state index in [1.165, 1.54) is 4.68 Å². The fraction of sp³-hybridized carbons (Fsp3) is 0.385. The summed E-state index contributed by atoms with van der Waals surface area (Å²) in [5.74, 6) is 0. The van der Waals surface area contributed by atoms with Crippen LogP contribution in [0.3, 0.4) is 0 Å². The Morgan fingerprint density at radius 3 is 2.50 bits per heavy atom. The number of aromatic nitrogens is 3. The van der Waals surface area contributed by atoms with Crippen LogP contribution in [0.5, 0.6) is 0 Å². The van der Waals surface area contributed by atoms with Crippen LogP contribution < -0.4 is 0 Å². The van der Waals surface area contributed by atoms with Gasteiger partial charge in [0.1, 0.15) is 24.0 Å². The minimum atomic E-state index is -1.37. The van der Waals surface area contributed by atoms with Crippen molar-refractivity contribution in [3.8, 4) is 11.3 Å². The topological polar surface area (TPSA) is 101 Å². The number of ether oxygens (including phenoxy) is 1. The second-order valence-corrected chi connectivity index (χ2v) is 4.74. The number of rotatable bonds is 3. The number of nitrogens with zero attached hydrogens (tertiary/aromatic N) is 3. The third kappa shape index (κ3) is 2.44. The van der Waals surface area contributed by atoms with Crippen molar-refractivity contribution in [3.05, 3.63) is 36.5 Å². The lowest BCUT2D eigenvalue weighted by Crippen LogP contribution is -2.34. The van der Waals surface area contributed by atoms with Crippen LogP contribution in [-0.2, 0) is 11.3 Å². The van der Waals surface area contributed by atoms with Gasteiger partial charge in [-0.2, -0.15) is 0 Å². The smallest absolute Gasteiger partial charge is 0.184 e. The highest BCUT2D eigenvalue weighted by Crippen LogP contribution is 2.21. The summed E-state index contributed by atoms with van der Waals surface area (Å²) in [5.41, 5.74) is 1.64. The van der Waals surface area contributed by atoms with E-state index in [0.717, 1.165) is 5.56 Å². The fourth-order valence-corrected chi connectivity index (χ4v) is 2.19. The Labute approximate surface area is 115 Å². The predicted octanol–water partition coefficient (Wildman–Crippen LogP) is -0.616. The molecule has 7 heteroatoms. The van der Waals surface area contributed by atoms with E-state index in [-0.39, 0.29) is 6.54 Å². The molecule has 4 atom stereocenters. The minimum Gasteiger partial charge on any atom is -0.387 e. The third-order valence-corrected chi connectivity index (χ3v) is 3.31. The van der Waals surface area contributed by atoms with Crippen LogP contribution in [-0.4, -0.2) is 54.9 Å². The molecule has 1 aliphatic rings. The number of benzene rings is 1. The summed E-state index contributed by atoms with van der Waals surface area (Å²) in [7, 11) is 0. The van der Waals surface area contributed by atoms with Crippen molar-refractivity contribution in [3.63, 3.8) is 0 Å². The molecule has 1 fully saturated rings. The van der Waals surface area contributed by atoms with E-state index >= 15 is 0 Å². The Balaban J connectivity index is 1.72. The van der Waals surface area contributed by atoms with Gasteiger partial charge in [0.25, 0.3) is 0 Å². The summed E-state index contributed by atoms with van der Waals surface area (Å²) in [5, 5.41) is 36.5. The molecule has 7 nitrogen and oxygen atoms in total.